The van der Waals surface area contributed by atoms with Gasteiger partial charge in [0, 0.05) is 31.7 Å². The number of hydrogen-bond acceptors (Lipinski definition) is 3. The van der Waals surface area contributed by atoms with Crippen molar-refractivity contribution in [1.29, 1.82) is 0 Å². The summed E-state index contributed by atoms with van der Waals surface area (Å²) in [7, 11) is 5.85. The third kappa shape index (κ3) is 8.33. The van der Waals surface area contributed by atoms with Crippen LogP contribution in [0.5, 0.6) is 5.75 Å². The highest BCUT2D eigenvalue weighted by Crippen LogP contribution is 2.13. The summed E-state index contributed by atoms with van der Waals surface area (Å²) in [4.78, 5) is 6.38. The van der Waals surface area contributed by atoms with Crippen LogP contribution in [0.2, 0.25) is 5.02 Å². The van der Waals surface area contributed by atoms with Gasteiger partial charge in [0.15, 0.2) is 5.96 Å². The normalized spacial score (nSPS) is 11.5. The van der Waals surface area contributed by atoms with Crippen molar-refractivity contribution in [2.24, 2.45) is 4.99 Å². The number of nitrogens with one attached hydrogen (secondary N) is 2. The first-order valence-corrected chi connectivity index (χ1v) is 9.50. The Morgan fingerprint density at radius 3 is 2.56 bits per heavy atom. The highest BCUT2D eigenvalue weighted by Gasteiger charge is 2.01. The SMILES string of the molecule is CN=C(NCCc1ccc(Cl)cc1)NCc1cccc(OCCN(C)C)c1. The second kappa shape index (κ2) is 11.5. The summed E-state index contributed by atoms with van der Waals surface area (Å²) in [6.07, 6.45) is 0.910. The van der Waals surface area contributed by atoms with Crippen LogP contribution < -0.4 is 15.4 Å². The molecular weight excluding hydrogens is 360 g/mol. The lowest BCUT2D eigenvalue weighted by Gasteiger charge is -2.14. The Bertz CT molecular complexity index is 716. The molecule has 146 valence electrons. The Balaban J connectivity index is 1.75. The van der Waals surface area contributed by atoms with E-state index in [9.17, 15) is 0 Å². The van der Waals surface area contributed by atoms with E-state index in [1.165, 1.54) is 5.56 Å². The molecule has 0 fully saturated rings. The van der Waals surface area contributed by atoms with Crippen molar-refractivity contribution in [2.45, 2.75) is 13.0 Å². The average Bonchev–Trinajstić information content (AvgIpc) is 2.66. The predicted octanol–water partition coefficient (Wildman–Crippen LogP) is 3.19. The molecule has 0 atom stereocenters. The molecule has 2 rings (SSSR count). The zero-order chi connectivity index (χ0) is 19.5. The standard InChI is InChI=1S/C21H29ClN4O/c1-23-21(24-12-11-17-7-9-19(22)10-8-17)25-16-18-5-4-6-20(15-18)27-14-13-26(2)3/h4-10,15H,11-14,16H2,1-3H3,(H2,23,24,25). The van der Waals surface area contributed by atoms with E-state index in [2.05, 4.69) is 32.7 Å². The summed E-state index contributed by atoms with van der Waals surface area (Å²) < 4.78 is 5.79. The Morgan fingerprint density at radius 1 is 1.07 bits per heavy atom. The number of rotatable bonds is 9. The van der Waals surface area contributed by atoms with Gasteiger partial charge in [-0.1, -0.05) is 35.9 Å². The number of benzene rings is 2. The molecule has 0 unspecified atom stereocenters. The van der Waals surface area contributed by atoms with E-state index in [1.807, 2.05) is 50.5 Å². The van der Waals surface area contributed by atoms with Crippen LogP contribution in [0.3, 0.4) is 0 Å². The van der Waals surface area contributed by atoms with Crippen molar-refractivity contribution in [1.82, 2.24) is 15.5 Å². The van der Waals surface area contributed by atoms with Gasteiger partial charge < -0.3 is 20.3 Å². The first kappa shape index (κ1) is 21.1. The number of nitrogens with zero attached hydrogens (tertiary/aromatic N) is 2. The highest BCUT2D eigenvalue weighted by atomic mass is 35.5. The predicted molar refractivity (Wildman–Crippen MR) is 114 cm³/mol. The van der Waals surface area contributed by atoms with E-state index in [0.29, 0.717) is 13.2 Å². The van der Waals surface area contributed by atoms with Crippen LogP contribution in [0, 0.1) is 0 Å². The summed E-state index contributed by atoms with van der Waals surface area (Å²) in [5.74, 6) is 1.67. The molecule has 5 nitrogen and oxygen atoms in total. The third-order valence-electron chi connectivity index (χ3n) is 4.01. The molecule has 2 aromatic rings. The molecule has 0 saturated heterocycles. The second-order valence-electron chi connectivity index (χ2n) is 6.53. The van der Waals surface area contributed by atoms with E-state index in [1.54, 1.807) is 7.05 Å². The number of likely N-dealkylation sites (N-methyl/N-ethyl adjacent to an activating group) is 1. The fraction of sp³-hybridized carbons (Fsp3) is 0.381. The van der Waals surface area contributed by atoms with E-state index in [0.717, 1.165) is 41.8 Å². The van der Waals surface area contributed by atoms with Gasteiger partial charge in [0.1, 0.15) is 12.4 Å². The molecule has 2 N–H and O–H groups in total. The van der Waals surface area contributed by atoms with Gasteiger partial charge in [0.25, 0.3) is 0 Å². The minimum absolute atomic E-state index is 0.678. The van der Waals surface area contributed by atoms with Crippen LogP contribution in [-0.4, -0.2) is 51.7 Å². The Kier molecular flexibility index (Phi) is 8.95. The summed E-state index contributed by atoms with van der Waals surface area (Å²) in [6.45, 7) is 3.06. The Morgan fingerprint density at radius 2 is 1.85 bits per heavy atom. The Hall–Kier alpha value is -2.24. The fourth-order valence-electron chi connectivity index (χ4n) is 2.47. The molecule has 0 radical (unpaired) electrons. The maximum absolute atomic E-state index is 5.92. The highest BCUT2D eigenvalue weighted by molar-refractivity contribution is 6.30. The molecule has 2 aromatic carbocycles. The monoisotopic (exact) mass is 388 g/mol. The number of ether oxygens (including phenoxy) is 1. The molecule has 0 spiro atoms. The molecule has 0 amide bonds. The average molecular weight is 389 g/mol. The minimum Gasteiger partial charge on any atom is -0.492 e. The topological polar surface area (TPSA) is 48.9 Å². The van der Waals surface area contributed by atoms with Crippen molar-refractivity contribution < 1.29 is 4.74 Å². The smallest absolute Gasteiger partial charge is 0.191 e. The summed E-state index contributed by atoms with van der Waals surface area (Å²) >= 11 is 5.92. The fourth-order valence-corrected chi connectivity index (χ4v) is 2.60. The van der Waals surface area contributed by atoms with Gasteiger partial charge in [-0.05, 0) is 55.9 Å². The van der Waals surface area contributed by atoms with Crippen LogP contribution in [0.25, 0.3) is 0 Å². The summed E-state index contributed by atoms with van der Waals surface area (Å²) in [5.41, 5.74) is 2.39. The van der Waals surface area contributed by atoms with Gasteiger partial charge >= 0.3 is 0 Å². The molecule has 0 bridgehead atoms. The number of halogens is 1. The second-order valence-corrected chi connectivity index (χ2v) is 6.96. The van der Waals surface area contributed by atoms with Crippen molar-refractivity contribution in [3.8, 4) is 5.75 Å². The summed E-state index contributed by atoms with van der Waals surface area (Å²) in [5, 5.41) is 7.43. The molecule has 0 heterocycles. The van der Waals surface area contributed by atoms with E-state index in [-0.39, 0.29) is 0 Å². The summed E-state index contributed by atoms with van der Waals surface area (Å²) in [6, 6.07) is 16.0. The van der Waals surface area contributed by atoms with Gasteiger partial charge in [-0.25, -0.2) is 0 Å². The van der Waals surface area contributed by atoms with Crippen molar-refractivity contribution in [2.75, 3.05) is 40.8 Å². The van der Waals surface area contributed by atoms with Gasteiger partial charge in [-0.3, -0.25) is 4.99 Å². The minimum atomic E-state index is 0.678. The lowest BCUT2D eigenvalue weighted by molar-refractivity contribution is 0.261. The molecule has 6 heteroatoms. The molecular formula is C21H29ClN4O. The Labute approximate surface area is 167 Å². The van der Waals surface area contributed by atoms with E-state index < -0.39 is 0 Å². The third-order valence-corrected chi connectivity index (χ3v) is 4.26. The van der Waals surface area contributed by atoms with Gasteiger partial charge in [0.2, 0.25) is 0 Å². The number of guanidine groups is 1. The van der Waals surface area contributed by atoms with E-state index in [4.69, 9.17) is 16.3 Å². The molecule has 0 aliphatic carbocycles. The van der Waals surface area contributed by atoms with E-state index >= 15 is 0 Å². The van der Waals surface area contributed by atoms with Crippen LogP contribution in [0.4, 0.5) is 0 Å². The van der Waals surface area contributed by atoms with Crippen molar-refractivity contribution >= 4 is 17.6 Å². The van der Waals surface area contributed by atoms with Crippen LogP contribution in [0.15, 0.2) is 53.5 Å². The molecule has 0 aliphatic heterocycles. The first-order valence-electron chi connectivity index (χ1n) is 9.12. The number of aliphatic imine (C=N–C) groups is 1. The lowest BCUT2D eigenvalue weighted by Crippen LogP contribution is -2.37. The van der Waals surface area contributed by atoms with Crippen LogP contribution in [-0.2, 0) is 13.0 Å². The molecule has 27 heavy (non-hydrogen) atoms. The van der Waals surface area contributed by atoms with Gasteiger partial charge in [-0.15, -0.1) is 0 Å². The lowest BCUT2D eigenvalue weighted by atomic mass is 10.1. The maximum atomic E-state index is 5.92. The zero-order valence-corrected chi connectivity index (χ0v) is 17.1. The molecule has 0 aromatic heterocycles. The van der Waals surface area contributed by atoms with Gasteiger partial charge in [0.05, 0.1) is 0 Å². The van der Waals surface area contributed by atoms with Gasteiger partial charge in [-0.2, -0.15) is 0 Å². The van der Waals surface area contributed by atoms with Crippen molar-refractivity contribution in [3.05, 3.63) is 64.7 Å². The van der Waals surface area contributed by atoms with Crippen LogP contribution in [0.1, 0.15) is 11.1 Å². The van der Waals surface area contributed by atoms with Crippen LogP contribution >= 0.6 is 11.6 Å². The quantitative estimate of drug-likeness (QED) is 0.511. The maximum Gasteiger partial charge on any atom is 0.191 e. The molecule has 0 saturated carbocycles. The zero-order valence-electron chi connectivity index (χ0n) is 16.3. The number of hydrogen-bond donors (Lipinski definition) is 2. The van der Waals surface area contributed by atoms with Crippen molar-refractivity contribution in [3.63, 3.8) is 0 Å². The largest absolute Gasteiger partial charge is 0.492 e. The first-order chi connectivity index (χ1) is 13.1. The molecule has 0 aliphatic rings.